The molecule has 0 aliphatic rings. The zero-order valence-corrected chi connectivity index (χ0v) is 12.0. The fourth-order valence-electron chi connectivity index (χ4n) is 1.75. The first-order valence-corrected chi connectivity index (χ1v) is 6.85. The quantitative estimate of drug-likeness (QED) is 0.853. The number of aryl methyl sites for hydroxylation is 1. The van der Waals surface area contributed by atoms with Crippen molar-refractivity contribution < 1.29 is 0 Å². The maximum atomic E-state index is 5.94. The molecule has 0 amide bonds. The maximum absolute atomic E-state index is 5.94. The highest BCUT2D eigenvalue weighted by Crippen LogP contribution is 2.26. The van der Waals surface area contributed by atoms with E-state index < -0.39 is 0 Å². The highest BCUT2D eigenvalue weighted by atomic mass is 79.9. The number of nitrogens with two attached hydrogens (primary N) is 1. The summed E-state index contributed by atoms with van der Waals surface area (Å²) in [6, 6.07) is 6.99. The summed E-state index contributed by atoms with van der Waals surface area (Å²) in [5.41, 5.74) is 8.64. The molecule has 0 aliphatic heterocycles. The molecule has 2 heteroatoms. The highest BCUT2D eigenvalue weighted by Gasteiger charge is 2.09. The van der Waals surface area contributed by atoms with E-state index in [9.17, 15) is 0 Å². The van der Waals surface area contributed by atoms with Gasteiger partial charge in [0, 0.05) is 10.5 Å². The Labute approximate surface area is 108 Å². The van der Waals surface area contributed by atoms with Gasteiger partial charge in [0.2, 0.25) is 0 Å². The van der Waals surface area contributed by atoms with Gasteiger partial charge in [-0.25, -0.2) is 0 Å². The lowest BCUT2D eigenvalue weighted by Gasteiger charge is -2.15. The Morgan fingerprint density at radius 2 is 2.00 bits per heavy atom. The van der Waals surface area contributed by atoms with Crippen LogP contribution in [-0.2, 0) is 0 Å². The minimum Gasteiger partial charge on any atom is -0.328 e. The number of hydrogen-bond acceptors (Lipinski definition) is 1. The summed E-state index contributed by atoms with van der Waals surface area (Å²) in [5, 5.41) is 0. The van der Waals surface area contributed by atoms with Gasteiger partial charge < -0.3 is 5.73 Å². The fraction of sp³-hybridized carbons (Fsp3) is 0.571. The standard InChI is InChI=1S/C14H22BrN/c1-4-13(16)8-6-10(2)12-7-5-11(3)14(15)9-12/h5,7,9-10,13H,4,6,8,16H2,1-3H3. The zero-order chi connectivity index (χ0) is 12.1. The van der Waals surface area contributed by atoms with Crippen LogP contribution in [0.2, 0.25) is 0 Å². The van der Waals surface area contributed by atoms with Crippen LogP contribution >= 0.6 is 15.9 Å². The molecule has 1 aromatic carbocycles. The van der Waals surface area contributed by atoms with E-state index >= 15 is 0 Å². The predicted molar refractivity (Wildman–Crippen MR) is 74.8 cm³/mol. The van der Waals surface area contributed by atoms with Crippen LogP contribution < -0.4 is 5.73 Å². The van der Waals surface area contributed by atoms with Gasteiger partial charge in [-0.05, 0) is 49.3 Å². The first-order chi connectivity index (χ1) is 7.54. The zero-order valence-electron chi connectivity index (χ0n) is 10.5. The van der Waals surface area contributed by atoms with Crippen LogP contribution in [0.1, 0.15) is 50.2 Å². The number of benzene rings is 1. The summed E-state index contributed by atoms with van der Waals surface area (Å²) in [5.74, 6) is 0.592. The van der Waals surface area contributed by atoms with Gasteiger partial charge >= 0.3 is 0 Å². The summed E-state index contributed by atoms with van der Waals surface area (Å²) in [6.07, 6.45) is 3.36. The van der Waals surface area contributed by atoms with Crippen molar-refractivity contribution in [2.75, 3.05) is 0 Å². The molecule has 0 heterocycles. The first kappa shape index (κ1) is 13.7. The molecule has 1 rings (SSSR count). The summed E-state index contributed by atoms with van der Waals surface area (Å²) in [7, 11) is 0. The average molecular weight is 284 g/mol. The third kappa shape index (κ3) is 3.91. The minimum atomic E-state index is 0.358. The normalized spacial score (nSPS) is 14.8. The molecular weight excluding hydrogens is 262 g/mol. The summed E-state index contributed by atoms with van der Waals surface area (Å²) in [4.78, 5) is 0. The predicted octanol–water partition coefficient (Wildman–Crippen LogP) is 4.38. The molecular formula is C14H22BrN. The SMILES string of the molecule is CCC(N)CCC(C)c1ccc(C)c(Br)c1. The van der Waals surface area contributed by atoms with Crippen LogP contribution in [0.25, 0.3) is 0 Å². The van der Waals surface area contributed by atoms with Crippen LogP contribution in [0.3, 0.4) is 0 Å². The van der Waals surface area contributed by atoms with Gasteiger partial charge in [-0.15, -0.1) is 0 Å². The molecule has 0 saturated carbocycles. The molecule has 0 aliphatic carbocycles. The first-order valence-electron chi connectivity index (χ1n) is 6.06. The Balaban J connectivity index is 2.59. The monoisotopic (exact) mass is 283 g/mol. The third-order valence-corrected chi connectivity index (χ3v) is 4.11. The van der Waals surface area contributed by atoms with Gasteiger partial charge in [-0.2, -0.15) is 0 Å². The number of hydrogen-bond donors (Lipinski definition) is 1. The molecule has 16 heavy (non-hydrogen) atoms. The molecule has 90 valence electrons. The Morgan fingerprint density at radius 1 is 1.31 bits per heavy atom. The van der Waals surface area contributed by atoms with Crippen molar-refractivity contribution in [3.8, 4) is 0 Å². The van der Waals surface area contributed by atoms with Gasteiger partial charge in [-0.3, -0.25) is 0 Å². The molecule has 2 unspecified atom stereocenters. The molecule has 0 spiro atoms. The van der Waals surface area contributed by atoms with Crippen molar-refractivity contribution in [2.24, 2.45) is 5.73 Å². The van der Waals surface area contributed by atoms with Crippen molar-refractivity contribution in [3.63, 3.8) is 0 Å². The van der Waals surface area contributed by atoms with E-state index in [4.69, 9.17) is 5.73 Å². The molecule has 1 aromatic rings. The second kappa shape index (κ2) is 6.41. The third-order valence-electron chi connectivity index (χ3n) is 3.26. The highest BCUT2D eigenvalue weighted by molar-refractivity contribution is 9.10. The van der Waals surface area contributed by atoms with Crippen LogP contribution in [0.4, 0.5) is 0 Å². The fourth-order valence-corrected chi connectivity index (χ4v) is 2.15. The Bertz CT molecular complexity index is 336. The van der Waals surface area contributed by atoms with Gasteiger partial charge in [0.25, 0.3) is 0 Å². The van der Waals surface area contributed by atoms with E-state index in [-0.39, 0.29) is 0 Å². The average Bonchev–Trinajstić information content (AvgIpc) is 2.29. The number of halogens is 1. The van der Waals surface area contributed by atoms with Gasteiger partial charge in [-0.1, -0.05) is 41.9 Å². The van der Waals surface area contributed by atoms with E-state index in [1.807, 2.05) is 0 Å². The molecule has 0 fully saturated rings. The van der Waals surface area contributed by atoms with E-state index in [1.165, 1.54) is 22.0 Å². The van der Waals surface area contributed by atoms with E-state index in [2.05, 4.69) is 54.9 Å². The molecule has 2 atom stereocenters. The van der Waals surface area contributed by atoms with Gasteiger partial charge in [0.05, 0.1) is 0 Å². The molecule has 1 nitrogen and oxygen atoms in total. The molecule has 0 saturated heterocycles. The Hall–Kier alpha value is -0.340. The van der Waals surface area contributed by atoms with Crippen molar-refractivity contribution >= 4 is 15.9 Å². The largest absolute Gasteiger partial charge is 0.328 e. The second-order valence-corrected chi connectivity index (χ2v) is 5.51. The van der Waals surface area contributed by atoms with Crippen LogP contribution in [0.5, 0.6) is 0 Å². The van der Waals surface area contributed by atoms with Crippen LogP contribution in [0, 0.1) is 6.92 Å². The summed E-state index contributed by atoms with van der Waals surface area (Å²) >= 11 is 3.58. The minimum absolute atomic E-state index is 0.358. The number of rotatable bonds is 5. The van der Waals surface area contributed by atoms with Gasteiger partial charge in [0.15, 0.2) is 0 Å². The van der Waals surface area contributed by atoms with Crippen molar-refractivity contribution in [3.05, 3.63) is 33.8 Å². The van der Waals surface area contributed by atoms with E-state index in [0.717, 1.165) is 12.8 Å². The Kier molecular flexibility index (Phi) is 5.50. The van der Waals surface area contributed by atoms with Crippen molar-refractivity contribution in [1.82, 2.24) is 0 Å². The van der Waals surface area contributed by atoms with E-state index in [0.29, 0.717) is 12.0 Å². The summed E-state index contributed by atoms with van der Waals surface area (Å²) in [6.45, 7) is 6.54. The smallest absolute Gasteiger partial charge is 0.0207 e. The van der Waals surface area contributed by atoms with Gasteiger partial charge in [0.1, 0.15) is 0 Å². The lowest BCUT2D eigenvalue weighted by molar-refractivity contribution is 0.530. The summed E-state index contributed by atoms with van der Waals surface area (Å²) < 4.78 is 1.21. The van der Waals surface area contributed by atoms with Crippen LogP contribution in [0.15, 0.2) is 22.7 Å². The second-order valence-electron chi connectivity index (χ2n) is 4.66. The molecule has 0 bridgehead atoms. The van der Waals surface area contributed by atoms with Crippen molar-refractivity contribution in [2.45, 2.75) is 52.0 Å². The van der Waals surface area contributed by atoms with E-state index in [1.54, 1.807) is 0 Å². The Morgan fingerprint density at radius 3 is 2.56 bits per heavy atom. The molecule has 0 aromatic heterocycles. The van der Waals surface area contributed by atoms with Crippen molar-refractivity contribution in [1.29, 1.82) is 0 Å². The molecule has 0 radical (unpaired) electrons. The van der Waals surface area contributed by atoms with Crippen LogP contribution in [-0.4, -0.2) is 6.04 Å². The topological polar surface area (TPSA) is 26.0 Å². The lowest BCUT2D eigenvalue weighted by Crippen LogP contribution is -2.18. The molecule has 2 N–H and O–H groups in total. The maximum Gasteiger partial charge on any atom is 0.0207 e. The lowest BCUT2D eigenvalue weighted by atomic mass is 9.93.